The van der Waals surface area contributed by atoms with E-state index >= 15 is 0 Å². The van der Waals surface area contributed by atoms with Gasteiger partial charge in [0.1, 0.15) is 5.82 Å². The highest BCUT2D eigenvalue weighted by Crippen LogP contribution is 2.25. The first-order valence-corrected chi connectivity index (χ1v) is 9.64. The monoisotopic (exact) mass is 385 g/mol. The summed E-state index contributed by atoms with van der Waals surface area (Å²) in [6, 6.07) is 10.6. The minimum absolute atomic E-state index is 0.198. The second kappa shape index (κ2) is 9.45. The molecule has 8 nitrogen and oxygen atoms in total. The Kier molecular flexibility index (Phi) is 6.76. The summed E-state index contributed by atoms with van der Waals surface area (Å²) in [5.41, 5.74) is 1.28. The van der Waals surface area contributed by atoms with Crippen molar-refractivity contribution in [3.05, 3.63) is 47.5 Å². The standard InChI is InChI=1S/C19H25N5O.CH2O2/c1-15-20-21-18-13-23(19(25)14-22-9-5-6-10-22)12-17(24(15)18)11-16-7-3-2-4-8-16;2-1-3/h2-4,7-8,17H,5-6,9-14H2,1H3;1H,(H,2,3)/t17-;/m1./s1. The zero-order valence-electron chi connectivity index (χ0n) is 16.2. The normalized spacial score (nSPS) is 18.9. The number of likely N-dealkylation sites (tertiary alicyclic amines) is 1. The molecule has 0 radical (unpaired) electrons. The van der Waals surface area contributed by atoms with Crippen molar-refractivity contribution in [3.63, 3.8) is 0 Å². The third-order valence-corrected chi connectivity index (χ3v) is 5.29. The van der Waals surface area contributed by atoms with E-state index in [1.807, 2.05) is 17.9 Å². The Bertz CT molecular complexity index is 786. The maximum Gasteiger partial charge on any atom is 0.290 e. The predicted octanol–water partition coefficient (Wildman–Crippen LogP) is 1.51. The predicted molar refractivity (Wildman–Crippen MR) is 104 cm³/mol. The van der Waals surface area contributed by atoms with Crippen molar-refractivity contribution in [1.29, 1.82) is 0 Å². The van der Waals surface area contributed by atoms with Gasteiger partial charge in [-0.15, -0.1) is 10.2 Å². The van der Waals surface area contributed by atoms with Crippen LogP contribution in [0.4, 0.5) is 0 Å². The Hall–Kier alpha value is -2.74. The molecule has 3 heterocycles. The van der Waals surface area contributed by atoms with Gasteiger partial charge in [-0.05, 0) is 44.8 Å². The molecule has 0 aliphatic carbocycles. The molecular weight excluding hydrogens is 358 g/mol. The molecule has 4 rings (SSSR count). The molecule has 1 N–H and O–H groups in total. The first-order valence-electron chi connectivity index (χ1n) is 9.64. The average molecular weight is 385 g/mol. The minimum atomic E-state index is -0.250. The lowest BCUT2D eigenvalue weighted by molar-refractivity contribution is -0.134. The fraction of sp³-hybridized carbons (Fsp3) is 0.500. The van der Waals surface area contributed by atoms with E-state index in [9.17, 15) is 4.79 Å². The molecule has 0 saturated carbocycles. The molecule has 1 aromatic heterocycles. The highest BCUT2D eigenvalue weighted by atomic mass is 16.3. The summed E-state index contributed by atoms with van der Waals surface area (Å²) in [5.74, 6) is 2.05. The molecule has 2 aliphatic heterocycles. The Morgan fingerprint density at radius 1 is 1.21 bits per heavy atom. The van der Waals surface area contributed by atoms with Crippen LogP contribution >= 0.6 is 0 Å². The summed E-state index contributed by atoms with van der Waals surface area (Å²) in [6.07, 6.45) is 3.30. The summed E-state index contributed by atoms with van der Waals surface area (Å²) < 4.78 is 2.21. The van der Waals surface area contributed by atoms with Crippen molar-refractivity contribution in [1.82, 2.24) is 24.6 Å². The first kappa shape index (κ1) is 20.0. The second-order valence-corrected chi connectivity index (χ2v) is 7.24. The molecular formula is C20H27N5O3. The first-order chi connectivity index (χ1) is 13.6. The van der Waals surface area contributed by atoms with E-state index in [1.165, 1.54) is 18.4 Å². The SMILES string of the molecule is Cc1nnc2n1[C@H](Cc1ccccc1)CN(C(=O)CN1CCCC1)C2.O=CO. The van der Waals surface area contributed by atoms with Crippen molar-refractivity contribution in [3.8, 4) is 0 Å². The van der Waals surface area contributed by atoms with Crippen LogP contribution in [0, 0.1) is 6.92 Å². The summed E-state index contributed by atoms with van der Waals surface area (Å²) in [6.45, 7) is 5.66. The van der Waals surface area contributed by atoms with Crippen molar-refractivity contribution in [2.75, 3.05) is 26.2 Å². The molecule has 2 aromatic rings. The van der Waals surface area contributed by atoms with E-state index in [-0.39, 0.29) is 18.4 Å². The smallest absolute Gasteiger partial charge is 0.290 e. The summed E-state index contributed by atoms with van der Waals surface area (Å²) in [7, 11) is 0. The lowest BCUT2D eigenvalue weighted by Gasteiger charge is -2.35. The highest BCUT2D eigenvalue weighted by molar-refractivity contribution is 5.78. The molecule has 150 valence electrons. The van der Waals surface area contributed by atoms with Crippen LogP contribution in [0.5, 0.6) is 0 Å². The fourth-order valence-corrected chi connectivity index (χ4v) is 4.03. The van der Waals surface area contributed by atoms with E-state index in [2.05, 4.69) is 43.9 Å². The van der Waals surface area contributed by atoms with Gasteiger partial charge >= 0.3 is 0 Å². The Balaban J connectivity index is 0.000000706. The number of nitrogens with zero attached hydrogens (tertiary/aromatic N) is 5. The van der Waals surface area contributed by atoms with Gasteiger partial charge < -0.3 is 14.6 Å². The van der Waals surface area contributed by atoms with Gasteiger partial charge in [0.15, 0.2) is 5.82 Å². The number of hydrogen-bond acceptors (Lipinski definition) is 5. The maximum atomic E-state index is 12.8. The van der Waals surface area contributed by atoms with Crippen LogP contribution in [0.25, 0.3) is 0 Å². The number of aromatic nitrogens is 3. The summed E-state index contributed by atoms with van der Waals surface area (Å²) in [4.78, 5) is 25.4. The van der Waals surface area contributed by atoms with Gasteiger partial charge in [-0.2, -0.15) is 0 Å². The van der Waals surface area contributed by atoms with Gasteiger partial charge in [0.25, 0.3) is 6.47 Å². The Morgan fingerprint density at radius 2 is 1.89 bits per heavy atom. The van der Waals surface area contributed by atoms with E-state index in [0.717, 1.165) is 37.7 Å². The van der Waals surface area contributed by atoms with Crippen LogP contribution in [-0.2, 0) is 22.6 Å². The van der Waals surface area contributed by atoms with Crippen LogP contribution in [-0.4, -0.2) is 68.2 Å². The maximum absolute atomic E-state index is 12.8. The van der Waals surface area contributed by atoms with Crippen molar-refractivity contribution >= 4 is 12.4 Å². The number of carboxylic acid groups (broad SMARTS) is 1. The fourth-order valence-electron chi connectivity index (χ4n) is 4.03. The molecule has 1 fully saturated rings. The Morgan fingerprint density at radius 3 is 2.57 bits per heavy atom. The van der Waals surface area contributed by atoms with Crippen LogP contribution in [0.2, 0.25) is 0 Å². The van der Waals surface area contributed by atoms with Crippen molar-refractivity contribution in [2.45, 2.75) is 38.8 Å². The lowest BCUT2D eigenvalue weighted by Crippen LogP contribution is -2.45. The number of aryl methyl sites for hydroxylation is 1. The molecule has 1 atom stereocenters. The number of carbonyl (C=O) groups excluding carboxylic acids is 1. The molecule has 0 unspecified atom stereocenters. The minimum Gasteiger partial charge on any atom is -0.483 e. The third-order valence-electron chi connectivity index (χ3n) is 5.29. The van der Waals surface area contributed by atoms with Gasteiger partial charge in [-0.25, -0.2) is 0 Å². The molecule has 8 heteroatoms. The van der Waals surface area contributed by atoms with Crippen LogP contribution in [0.1, 0.15) is 36.1 Å². The number of benzene rings is 1. The summed E-state index contributed by atoms with van der Waals surface area (Å²) >= 11 is 0. The van der Waals surface area contributed by atoms with Crippen molar-refractivity contribution in [2.24, 2.45) is 0 Å². The van der Waals surface area contributed by atoms with E-state index < -0.39 is 0 Å². The topological polar surface area (TPSA) is 91.6 Å². The number of carbonyl (C=O) groups is 2. The van der Waals surface area contributed by atoms with Gasteiger partial charge in [-0.3, -0.25) is 14.5 Å². The molecule has 1 aromatic carbocycles. The van der Waals surface area contributed by atoms with Crippen molar-refractivity contribution < 1.29 is 14.7 Å². The largest absolute Gasteiger partial charge is 0.483 e. The highest BCUT2D eigenvalue weighted by Gasteiger charge is 2.31. The van der Waals surface area contributed by atoms with E-state index in [1.54, 1.807) is 0 Å². The Labute approximate surface area is 164 Å². The quantitative estimate of drug-likeness (QED) is 0.802. The zero-order valence-corrected chi connectivity index (χ0v) is 16.2. The molecule has 0 spiro atoms. The number of amides is 1. The number of fused-ring (bicyclic) bond motifs is 1. The van der Waals surface area contributed by atoms with Crippen LogP contribution in [0.15, 0.2) is 30.3 Å². The van der Waals surface area contributed by atoms with Crippen LogP contribution in [0.3, 0.4) is 0 Å². The van der Waals surface area contributed by atoms with E-state index in [0.29, 0.717) is 13.1 Å². The van der Waals surface area contributed by atoms with Gasteiger partial charge in [-0.1, -0.05) is 30.3 Å². The molecule has 1 saturated heterocycles. The second-order valence-electron chi connectivity index (χ2n) is 7.24. The number of hydrogen-bond donors (Lipinski definition) is 1. The van der Waals surface area contributed by atoms with Gasteiger partial charge in [0.2, 0.25) is 5.91 Å². The number of rotatable bonds is 4. The molecule has 1 amide bonds. The van der Waals surface area contributed by atoms with Gasteiger partial charge in [0.05, 0.1) is 19.1 Å². The molecule has 28 heavy (non-hydrogen) atoms. The zero-order chi connectivity index (χ0) is 19.9. The summed E-state index contributed by atoms with van der Waals surface area (Å²) in [5, 5.41) is 15.5. The third kappa shape index (κ3) is 4.75. The van der Waals surface area contributed by atoms with Gasteiger partial charge in [0, 0.05) is 6.54 Å². The molecule has 0 bridgehead atoms. The van der Waals surface area contributed by atoms with Crippen LogP contribution < -0.4 is 0 Å². The average Bonchev–Trinajstić information content (AvgIpc) is 3.33. The molecule has 2 aliphatic rings. The van der Waals surface area contributed by atoms with E-state index in [4.69, 9.17) is 9.90 Å². The lowest BCUT2D eigenvalue weighted by atomic mass is 10.0.